The second-order valence-corrected chi connectivity index (χ2v) is 2.34. The lowest BCUT2D eigenvalue weighted by Gasteiger charge is -1.81. The van der Waals surface area contributed by atoms with E-state index in [1.54, 1.807) is 17.6 Å². The van der Waals surface area contributed by atoms with Crippen molar-refractivity contribution >= 4 is 24.0 Å². The lowest BCUT2D eigenvalue weighted by Crippen LogP contribution is -1.99. The Morgan fingerprint density at radius 3 is 3.20 bits per heavy atom. The SMILES string of the molecule is O=CNN=Cc1ccsc1. The number of carbonyl (C=O) groups excluding carboxylic acids is 1. The molecule has 4 heteroatoms. The first-order valence-corrected chi connectivity index (χ1v) is 3.62. The minimum Gasteiger partial charge on any atom is -0.277 e. The Hall–Kier alpha value is -1.16. The zero-order valence-electron chi connectivity index (χ0n) is 5.15. The summed E-state index contributed by atoms with van der Waals surface area (Å²) in [5, 5.41) is 7.48. The Balaban J connectivity index is 2.47. The van der Waals surface area contributed by atoms with Gasteiger partial charge in [0, 0.05) is 5.56 Å². The van der Waals surface area contributed by atoms with Gasteiger partial charge in [-0.3, -0.25) is 4.79 Å². The molecule has 0 aliphatic carbocycles. The number of amides is 1. The summed E-state index contributed by atoms with van der Waals surface area (Å²) >= 11 is 1.59. The zero-order valence-corrected chi connectivity index (χ0v) is 5.97. The first kappa shape index (κ1) is 6.95. The van der Waals surface area contributed by atoms with Crippen LogP contribution < -0.4 is 5.43 Å². The fourth-order valence-corrected chi connectivity index (χ4v) is 1.10. The van der Waals surface area contributed by atoms with E-state index >= 15 is 0 Å². The summed E-state index contributed by atoms with van der Waals surface area (Å²) in [5.41, 5.74) is 3.18. The molecule has 0 aromatic carbocycles. The molecule has 1 amide bonds. The fourth-order valence-electron chi connectivity index (χ4n) is 0.491. The Labute approximate surface area is 62.4 Å². The van der Waals surface area contributed by atoms with Crippen LogP contribution in [0.15, 0.2) is 21.9 Å². The van der Waals surface area contributed by atoms with E-state index in [9.17, 15) is 4.79 Å². The third kappa shape index (κ3) is 1.99. The second-order valence-electron chi connectivity index (χ2n) is 1.56. The Morgan fingerprint density at radius 1 is 1.70 bits per heavy atom. The van der Waals surface area contributed by atoms with Crippen LogP contribution >= 0.6 is 11.3 Å². The van der Waals surface area contributed by atoms with Crippen molar-refractivity contribution in [1.82, 2.24) is 5.43 Å². The molecule has 0 saturated heterocycles. The van der Waals surface area contributed by atoms with Crippen LogP contribution in [0.5, 0.6) is 0 Å². The molecule has 0 radical (unpaired) electrons. The number of hydrogen-bond donors (Lipinski definition) is 1. The Morgan fingerprint density at radius 2 is 2.60 bits per heavy atom. The number of thiophene rings is 1. The lowest BCUT2D eigenvalue weighted by atomic mass is 10.4. The van der Waals surface area contributed by atoms with Crippen LogP contribution in [0.4, 0.5) is 0 Å². The van der Waals surface area contributed by atoms with Gasteiger partial charge in [-0.05, 0) is 16.8 Å². The number of nitrogens with one attached hydrogen (secondary N) is 1. The van der Waals surface area contributed by atoms with E-state index in [1.807, 2.05) is 16.8 Å². The van der Waals surface area contributed by atoms with Crippen molar-refractivity contribution in [3.8, 4) is 0 Å². The smallest absolute Gasteiger partial charge is 0.227 e. The van der Waals surface area contributed by atoms with Crippen molar-refractivity contribution < 1.29 is 4.79 Å². The summed E-state index contributed by atoms with van der Waals surface area (Å²) in [7, 11) is 0. The summed E-state index contributed by atoms with van der Waals surface area (Å²) in [6, 6.07) is 1.92. The van der Waals surface area contributed by atoms with Crippen LogP contribution in [0.2, 0.25) is 0 Å². The molecule has 0 saturated carbocycles. The fraction of sp³-hybridized carbons (Fsp3) is 0. The third-order valence-corrected chi connectivity index (χ3v) is 1.59. The maximum Gasteiger partial charge on any atom is 0.227 e. The number of hydrazone groups is 1. The molecule has 1 heterocycles. The van der Waals surface area contributed by atoms with Gasteiger partial charge in [0.15, 0.2) is 0 Å². The molecule has 0 aliphatic heterocycles. The lowest BCUT2D eigenvalue weighted by molar-refractivity contribution is -0.109. The molecule has 3 nitrogen and oxygen atoms in total. The van der Waals surface area contributed by atoms with Gasteiger partial charge in [0.05, 0.1) is 6.21 Å². The van der Waals surface area contributed by atoms with Crippen LogP contribution in [-0.4, -0.2) is 12.6 Å². The van der Waals surface area contributed by atoms with Gasteiger partial charge in [-0.25, -0.2) is 5.43 Å². The van der Waals surface area contributed by atoms with Gasteiger partial charge < -0.3 is 0 Å². The molecule has 0 unspecified atom stereocenters. The second kappa shape index (κ2) is 3.79. The average Bonchev–Trinajstić information content (AvgIpc) is 2.41. The van der Waals surface area contributed by atoms with Crippen molar-refractivity contribution in [3.05, 3.63) is 22.4 Å². The minimum atomic E-state index is 0.531. The molecule has 52 valence electrons. The van der Waals surface area contributed by atoms with E-state index in [-0.39, 0.29) is 0 Å². The molecule has 1 aromatic heterocycles. The molecular formula is C6H6N2OS. The van der Waals surface area contributed by atoms with Crippen LogP contribution in [-0.2, 0) is 4.79 Å². The van der Waals surface area contributed by atoms with E-state index < -0.39 is 0 Å². The number of carbonyl (C=O) groups is 1. The van der Waals surface area contributed by atoms with E-state index in [0.717, 1.165) is 5.56 Å². The normalized spacial score (nSPS) is 10.0. The monoisotopic (exact) mass is 154 g/mol. The average molecular weight is 154 g/mol. The predicted molar refractivity (Wildman–Crippen MR) is 41.1 cm³/mol. The van der Waals surface area contributed by atoms with Gasteiger partial charge in [0.25, 0.3) is 0 Å². The van der Waals surface area contributed by atoms with E-state index in [1.165, 1.54) is 0 Å². The molecule has 0 aliphatic rings. The highest BCUT2D eigenvalue weighted by Crippen LogP contribution is 2.01. The van der Waals surface area contributed by atoms with Gasteiger partial charge in [-0.15, -0.1) is 0 Å². The topological polar surface area (TPSA) is 41.5 Å². The van der Waals surface area contributed by atoms with E-state index in [4.69, 9.17) is 0 Å². The molecule has 0 atom stereocenters. The highest BCUT2D eigenvalue weighted by Gasteiger charge is 1.83. The van der Waals surface area contributed by atoms with Crippen LogP contribution in [0.25, 0.3) is 0 Å². The van der Waals surface area contributed by atoms with Crippen molar-refractivity contribution in [2.45, 2.75) is 0 Å². The molecule has 0 bridgehead atoms. The first-order valence-electron chi connectivity index (χ1n) is 2.68. The number of hydrogen-bond acceptors (Lipinski definition) is 3. The zero-order chi connectivity index (χ0) is 7.23. The molecular weight excluding hydrogens is 148 g/mol. The maximum atomic E-state index is 9.71. The van der Waals surface area contributed by atoms with E-state index in [0.29, 0.717) is 6.41 Å². The molecule has 10 heavy (non-hydrogen) atoms. The van der Waals surface area contributed by atoms with Gasteiger partial charge in [-0.1, -0.05) is 0 Å². The largest absolute Gasteiger partial charge is 0.277 e. The molecule has 1 N–H and O–H groups in total. The molecule has 1 aromatic rings. The standard InChI is InChI=1S/C6H6N2OS/c9-5-8-7-3-6-1-2-10-4-6/h1-5H,(H,8,9). The molecule has 0 fully saturated rings. The third-order valence-electron chi connectivity index (χ3n) is 0.884. The van der Waals surface area contributed by atoms with Crippen molar-refractivity contribution in [2.24, 2.45) is 5.10 Å². The van der Waals surface area contributed by atoms with Gasteiger partial charge in [0.1, 0.15) is 0 Å². The number of rotatable bonds is 3. The number of nitrogens with zero attached hydrogens (tertiary/aromatic N) is 1. The van der Waals surface area contributed by atoms with Crippen molar-refractivity contribution in [3.63, 3.8) is 0 Å². The first-order chi connectivity index (χ1) is 4.93. The molecule has 0 spiro atoms. The summed E-state index contributed by atoms with van der Waals surface area (Å²) in [6.45, 7) is 0. The van der Waals surface area contributed by atoms with Crippen molar-refractivity contribution in [2.75, 3.05) is 0 Å². The van der Waals surface area contributed by atoms with Gasteiger partial charge >= 0.3 is 0 Å². The Bertz CT molecular complexity index is 218. The van der Waals surface area contributed by atoms with Crippen LogP contribution in [0.1, 0.15) is 5.56 Å². The predicted octanol–water partition coefficient (Wildman–Crippen LogP) is 0.828. The maximum absolute atomic E-state index is 9.71. The van der Waals surface area contributed by atoms with E-state index in [2.05, 4.69) is 10.5 Å². The van der Waals surface area contributed by atoms with Crippen LogP contribution in [0, 0.1) is 0 Å². The van der Waals surface area contributed by atoms with Gasteiger partial charge in [-0.2, -0.15) is 16.4 Å². The van der Waals surface area contributed by atoms with Gasteiger partial charge in [0.2, 0.25) is 6.41 Å². The van der Waals surface area contributed by atoms with Crippen molar-refractivity contribution in [1.29, 1.82) is 0 Å². The Kier molecular flexibility index (Phi) is 2.63. The minimum absolute atomic E-state index is 0.531. The summed E-state index contributed by atoms with van der Waals surface area (Å²) in [6.07, 6.45) is 2.12. The summed E-state index contributed by atoms with van der Waals surface area (Å²) < 4.78 is 0. The summed E-state index contributed by atoms with van der Waals surface area (Å²) in [4.78, 5) is 9.71. The quantitative estimate of drug-likeness (QED) is 0.391. The van der Waals surface area contributed by atoms with Crippen LogP contribution in [0.3, 0.4) is 0 Å². The highest BCUT2D eigenvalue weighted by molar-refractivity contribution is 7.08. The molecule has 1 rings (SSSR count). The highest BCUT2D eigenvalue weighted by atomic mass is 32.1. The summed E-state index contributed by atoms with van der Waals surface area (Å²) in [5.74, 6) is 0.